The van der Waals surface area contributed by atoms with Crippen LogP contribution in [0.2, 0.25) is 0 Å². The third-order valence-corrected chi connectivity index (χ3v) is 6.27. The highest BCUT2D eigenvalue weighted by Gasteiger charge is 2.32. The molecule has 1 aromatic heterocycles. The van der Waals surface area contributed by atoms with Crippen LogP contribution in [0.3, 0.4) is 0 Å². The molecule has 1 amide bonds. The zero-order chi connectivity index (χ0) is 17.8. The normalized spacial score (nSPS) is 21.2. The smallest absolute Gasteiger partial charge is 0.273 e. The van der Waals surface area contributed by atoms with Gasteiger partial charge in [0.1, 0.15) is 5.69 Å². The number of likely N-dealkylation sites (tertiary alicyclic amines) is 1. The van der Waals surface area contributed by atoms with Crippen LogP contribution < -0.4 is 5.32 Å². The van der Waals surface area contributed by atoms with E-state index in [-0.39, 0.29) is 5.91 Å². The molecule has 6 heteroatoms. The van der Waals surface area contributed by atoms with E-state index in [1.165, 1.54) is 5.56 Å². The Hall–Kier alpha value is -1.76. The number of amides is 1. The number of piperazine rings is 1. The van der Waals surface area contributed by atoms with Gasteiger partial charge in [0.2, 0.25) is 0 Å². The van der Waals surface area contributed by atoms with E-state index in [1.54, 1.807) is 11.3 Å². The summed E-state index contributed by atoms with van der Waals surface area (Å²) in [5.41, 5.74) is 1.94. The Labute approximate surface area is 159 Å². The summed E-state index contributed by atoms with van der Waals surface area (Å²) in [6.07, 6.45) is 2.94. The molecular formula is C20H26N4OS. The van der Waals surface area contributed by atoms with Crippen LogP contribution in [-0.4, -0.2) is 66.0 Å². The summed E-state index contributed by atoms with van der Waals surface area (Å²) in [7, 11) is 0. The second kappa shape index (κ2) is 8.29. The van der Waals surface area contributed by atoms with Crippen molar-refractivity contribution < 1.29 is 4.79 Å². The van der Waals surface area contributed by atoms with Crippen molar-refractivity contribution in [2.75, 3.05) is 39.3 Å². The van der Waals surface area contributed by atoms with Gasteiger partial charge in [-0.15, -0.1) is 11.3 Å². The second-order valence-electron chi connectivity index (χ2n) is 7.09. The number of hydrogen-bond acceptors (Lipinski definition) is 5. The maximum Gasteiger partial charge on any atom is 0.273 e. The molecule has 1 N–H and O–H groups in total. The highest BCUT2D eigenvalue weighted by atomic mass is 32.1. The van der Waals surface area contributed by atoms with Crippen LogP contribution in [0.5, 0.6) is 0 Å². The summed E-state index contributed by atoms with van der Waals surface area (Å²) in [4.78, 5) is 21.9. The molecule has 1 aromatic carbocycles. The van der Waals surface area contributed by atoms with Crippen molar-refractivity contribution in [2.45, 2.75) is 25.3 Å². The van der Waals surface area contributed by atoms with E-state index in [0.717, 1.165) is 63.5 Å². The monoisotopic (exact) mass is 370 g/mol. The molecule has 2 saturated heterocycles. The van der Waals surface area contributed by atoms with Crippen molar-refractivity contribution in [2.24, 2.45) is 0 Å². The molecule has 138 valence electrons. The summed E-state index contributed by atoms with van der Waals surface area (Å²) in [5.74, 6) is 0.102. The second-order valence-corrected chi connectivity index (χ2v) is 8.03. The van der Waals surface area contributed by atoms with Gasteiger partial charge in [-0.3, -0.25) is 9.69 Å². The molecule has 0 saturated carbocycles. The lowest BCUT2D eigenvalue weighted by atomic mass is 10.1. The molecule has 3 heterocycles. The topological polar surface area (TPSA) is 48.5 Å². The van der Waals surface area contributed by atoms with Gasteiger partial charge in [-0.1, -0.05) is 30.3 Å². The van der Waals surface area contributed by atoms with Crippen molar-refractivity contribution in [1.29, 1.82) is 0 Å². The van der Waals surface area contributed by atoms with E-state index in [1.807, 2.05) is 16.3 Å². The average Bonchev–Trinajstić information content (AvgIpc) is 3.37. The van der Waals surface area contributed by atoms with E-state index >= 15 is 0 Å². The van der Waals surface area contributed by atoms with E-state index in [4.69, 9.17) is 0 Å². The Morgan fingerprint density at radius 1 is 1.15 bits per heavy atom. The minimum Gasteiger partial charge on any atom is -0.336 e. The molecule has 1 unspecified atom stereocenters. The van der Waals surface area contributed by atoms with Gasteiger partial charge >= 0.3 is 0 Å². The standard InChI is InChI=1S/C20H26N4OS/c25-20(24-11-8-17(14-24)23-12-9-21-10-13-23)18-15-26-19(22-18)7-6-16-4-2-1-3-5-16/h1-5,15,17,21H,6-14H2. The minimum atomic E-state index is 0.102. The highest BCUT2D eigenvalue weighted by Crippen LogP contribution is 2.20. The minimum absolute atomic E-state index is 0.102. The number of carbonyl (C=O) groups excluding carboxylic acids is 1. The summed E-state index contributed by atoms with van der Waals surface area (Å²) >= 11 is 1.61. The van der Waals surface area contributed by atoms with Crippen molar-refractivity contribution in [3.63, 3.8) is 0 Å². The first kappa shape index (κ1) is 17.6. The third-order valence-electron chi connectivity index (χ3n) is 5.36. The number of aryl methyl sites for hydroxylation is 2. The molecule has 26 heavy (non-hydrogen) atoms. The van der Waals surface area contributed by atoms with Crippen LogP contribution in [0.1, 0.15) is 27.5 Å². The van der Waals surface area contributed by atoms with E-state index in [9.17, 15) is 4.79 Å². The molecule has 1 atom stereocenters. The first-order chi connectivity index (χ1) is 12.8. The predicted molar refractivity (Wildman–Crippen MR) is 105 cm³/mol. The number of carbonyl (C=O) groups is 1. The number of nitrogens with one attached hydrogen (secondary N) is 1. The number of thiazole rings is 1. The third kappa shape index (κ3) is 4.14. The van der Waals surface area contributed by atoms with Crippen molar-refractivity contribution in [1.82, 2.24) is 20.1 Å². The van der Waals surface area contributed by atoms with Gasteiger partial charge < -0.3 is 10.2 Å². The average molecular weight is 371 g/mol. The summed E-state index contributed by atoms with van der Waals surface area (Å²) in [6, 6.07) is 11.0. The molecule has 0 radical (unpaired) electrons. The molecule has 2 aliphatic rings. The fourth-order valence-electron chi connectivity index (χ4n) is 3.85. The Bertz CT molecular complexity index is 726. The van der Waals surface area contributed by atoms with Crippen LogP contribution in [0.15, 0.2) is 35.7 Å². The van der Waals surface area contributed by atoms with Gasteiger partial charge in [-0.2, -0.15) is 0 Å². The van der Waals surface area contributed by atoms with Gasteiger partial charge in [0, 0.05) is 57.1 Å². The van der Waals surface area contributed by atoms with E-state index in [2.05, 4.69) is 39.5 Å². The number of aromatic nitrogens is 1. The predicted octanol–water partition coefficient (Wildman–Crippen LogP) is 2.05. The number of benzene rings is 1. The van der Waals surface area contributed by atoms with Gasteiger partial charge in [-0.25, -0.2) is 4.98 Å². The zero-order valence-corrected chi connectivity index (χ0v) is 15.9. The van der Waals surface area contributed by atoms with Gasteiger partial charge in [0.15, 0.2) is 0 Å². The van der Waals surface area contributed by atoms with Crippen LogP contribution >= 0.6 is 11.3 Å². The summed E-state index contributed by atoms with van der Waals surface area (Å²) in [6.45, 7) is 5.99. The van der Waals surface area contributed by atoms with E-state index in [0.29, 0.717) is 11.7 Å². The quantitative estimate of drug-likeness (QED) is 0.875. The Kier molecular flexibility index (Phi) is 5.62. The zero-order valence-electron chi connectivity index (χ0n) is 15.1. The molecule has 0 spiro atoms. The lowest BCUT2D eigenvalue weighted by Crippen LogP contribution is -2.49. The molecular weight excluding hydrogens is 344 g/mol. The number of nitrogens with zero attached hydrogens (tertiary/aromatic N) is 3. The first-order valence-electron chi connectivity index (χ1n) is 9.52. The number of rotatable bonds is 5. The van der Waals surface area contributed by atoms with Crippen molar-refractivity contribution >= 4 is 17.2 Å². The molecule has 2 aliphatic heterocycles. The van der Waals surface area contributed by atoms with Crippen LogP contribution in [0, 0.1) is 0 Å². The fraction of sp³-hybridized carbons (Fsp3) is 0.500. The van der Waals surface area contributed by atoms with Gasteiger partial charge in [0.05, 0.1) is 5.01 Å². The van der Waals surface area contributed by atoms with E-state index < -0.39 is 0 Å². The maximum absolute atomic E-state index is 12.8. The summed E-state index contributed by atoms with van der Waals surface area (Å²) < 4.78 is 0. The van der Waals surface area contributed by atoms with Crippen LogP contribution in [0.25, 0.3) is 0 Å². The van der Waals surface area contributed by atoms with Crippen molar-refractivity contribution in [3.05, 3.63) is 52.0 Å². The molecule has 2 fully saturated rings. The SMILES string of the molecule is O=C(c1csc(CCc2ccccc2)n1)N1CCC(N2CCNCC2)C1. The van der Waals surface area contributed by atoms with Crippen LogP contribution in [-0.2, 0) is 12.8 Å². The molecule has 2 aromatic rings. The Balaban J connectivity index is 1.31. The maximum atomic E-state index is 12.8. The Morgan fingerprint density at radius 3 is 2.77 bits per heavy atom. The first-order valence-corrected chi connectivity index (χ1v) is 10.4. The van der Waals surface area contributed by atoms with Crippen molar-refractivity contribution in [3.8, 4) is 0 Å². The van der Waals surface area contributed by atoms with Gasteiger partial charge in [-0.05, 0) is 18.4 Å². The fourth-order valence-corrected chi connectivity index (χ4v) is 4.63. The van der Waals surface area contributed by atoms with Crippen LogP contribution in [0.4, 0.5) is 0 Å². The van der Waals surface area contributed by atoms with Gasteiger partial charge in [0.25, 0.3) is 5.91 Å². The molecule has 5 nitrogen and oxygen atoms in total. The molecule has 4 rings (SSSR count). The lowest BCUT2D eigenvalue weighted by molar-refractivity contribution is 0.0768. The Morgan fingerprint density at radius 2 is 1.96 bits per heavy atom. The lowest BCUT2D eigenvalue weighted by Gasteiger charge is -2.32. The summed E-state index contributed by atoms with van der Waals surface area (Å²) in [5, 5.41) is 6.38. The largest absolute Gasteiger partial charge is 0.336 e. The molecule has 0 aliphatic carbocycles. The number of hydrogen-bond donors (Lipinski definition) is 1. The highest BCUT2D eigenvalue weighted by molar-refractivity contribution is 7.09. The molecule has 0 bridgehead atoms.